The third kappa shape index (κ3) is 4.87. The van der Waals surface area contributed by atoms with Gasteiger partial charge in [0.15, 0.2) is 5.82 Å². The Morgan fingerprint density at radius 1 is 0.921 bits per heavy atom. The van der Waals surface area contributed by atoms with Crippen molar-refractivity contribution in [2.45, 2.75) is 56.5 Å². The number of para-hydroxylation sites is 2. The lowest BCUT2D eigenvalue weighted by molar-refractivity contribution is 0.462. The van der Waals surface area contributed by atoms with E-state index in [0.717, 1.165) is 40.5 Å². The highest BCUT2D eigenvalue weighted by atomic mass is 32.2. The Labute approximate surface area is 222 Å². The standard InChI is InChI=1S/C29H30N6O2S/c1-19-15-16-20(17-26(19)38(36,37)30-18-27-32-24-13-7-8-14-25(24)33-27)28-22-11-5-6-12-23(22)29(35-34-28)31-21-9-3-2-4-10-21/h5-8,11-17,21,30H,2-4,9-10,18H2,1H3,(H,31,35)(H,32,33). The first-order chi connectivity index (χ1) is 18.5. The molecule has 1 aliphatic rings. The fraction of sp³-hybridized carbons (Fsp3) is 0.276. The first kappa shape index (κ1) is 24.5. The predicted octanol–water partition coefficient (Wildman–Crippen LogP) is 5.70. The van der Waals surface area contributed by atoms with Gasteiger partial charge in [0.25, 0.3) is 0 Å². The zero-order chi connectivity index (χ0) is 26.1. The normalized spacial score (nSPS) is 14.8. The van der Waals surface area contributed by atoms with Gasteiger partial charge >= 0.3 is 0 Å². The van der Waals surface area contributed by atoms with Gasteiger partial charge in [-0.1, -0.05) is 67.8 Å². The summed E-state index contributed by atoms with van der Waals surface area (Å²) in [5.41, 5.74) is 3.67. The van der Waals surface area contributed by atoms with E-state index in [1.165, 1.54) is 19.3 Å². The monoisotopic (exact) mass is 526 g/mol. The summed E-state index contributed by atoms with van der Waals surface area (Å²) < 4.78 is 29.4. The Hall–Kier alpha value is -3.82. The van der Waals surface area contributed by atoms with Gasteiger partial charge in [0.05, 0.1) is 22.5 Å². The van der Waals surface area contributed by atoms with Gasteiger partial charge in [0.1, 0.15) is 11.5 Å². The van der Waals surface area contributed by atoms with Crippen molar-refractivity contribution < 1.29 is 8.42 Å². The van der Waals surface area contributed by atoms with E-state index in [1.54, 1.807) is 13.0 Å². The number of aromatic nitrogens is 4. The van der Waals surface area contributed by atoms with Crippen LogP contribution in [0.15, 0.2) is 71.6 Å². The number of sulfonamides is 1. The summed E-state index contributed by atoms with van der Waals surface area (Å²) in [5, 5.41) is 14.6. The molecule has 3 N–H and O–H groups in total. The van der Waals surface area contributed by atoms with Crippen LogP contribution in [-0.2, 0) is 16.6 Å². The first-order valence-electron chi connectivity index (χ1n) is 13.0. The Morgan fingerprint density at radius 2 is 1.68 bits per heavy atom. The highest BCUT2D eigenvalue weighted by Crippen LogP contribution is 2.33. The second-order valence-electron chi connectivity index (χ2n) is 9.93. The number of rotatable bonds is 7. The van der Waals surface area contributed by atoms with Gasteiger partial charge in [-0.3, -0.25) is 0 Å². The van der Waals surface area contributed by atoms with Crippen LogP contribution in [0.4, 0.5) is 5.82 Å². The summed E-state index contributed by atoms with van der Waals surface area (Å²) in [6.45, 7) is 1.85. The third-order valence-electron chi connectivity index (χ3n) is 7.25. The Balaban J connectivity index is 1.31. The molecule has 1 saturated carbocycles. The molecular formula is C29H30N6O2S. The molecular weight excluding hydrogens is 496 g/mol. The number of aromatic amines is 1. The topological polar surface area (TPSA) is 113 Å². The summed E-state index contributed by atoms with van der Waals surface area (Å²) >= 11 is 0. The van der Waals surface area contributed by atoms with Crippen LogP contribution in [0.1, 0.15) is 43.5 Å². The number of imidazole rings is 1. The molecule has 38 heavy (non-hydrogen) atoms. The summed E-state index contributed by atoms with van der Waals surface area (Å²) in [7, 11) is -3.81. The van der Waals surface area contributed by atoms with Crippen LogP contribution in [0, 0.1) is 6.92 Å². The summed E-state index contributed by atoms with van der Waals surface area (Å²) in [4.78, 5) is 7.85. The maximum Gasteiger partial charge on any atom is 0.241 e. The Morgan fingerprint density at radius 3 is 2.50 bits per heavy atom. The van der Waals surface area contributed by atoms with E-state index in [9.17, 15) is 8.42 Å². The van der Waals surface area contributed by atoms with Crippen molar-refractivity contribution >= 4 is 37.6 Å². The second kappa shape index (κ2) is 10.2. The van der Waals surface area contributed by atoms with Gasteiger partial charge in [0.2, 0.25) is 10.0 Å². The van der Waals surface area contributed by atoms with Crippen LogP contribution in [0.3, 0.4) is 0 Å². The molecule has 9 heteroatoms. The lowest BCUT2D eigenvalue weighted by Crippen LogP contribution is -2.24. The summed E-state index contributed by atoms with van der Waals surface area (Å²) in [6.07, 6.45) is 6.02. The quantitative estimate of drug-likeness (QED) is 0.251. The molecule has 1 fully saturated rings. The third-order valence-corrected chi connectivity index (χ3v) is 8.80. The average Bonchev–Trinajstić information content (AvgIpc) is 3.36. The zero-order valence-electron chi connectivity index (χ0n) is 21.2. The summed E-state index contributed by atoms with van der Waals surface area (Å²) in [6, 6.07) is 21.4. The SMILES string of the molecule is Cc1ccc(-c2nnc(NC3CCCCC3)c3ccccc23)cc1S(=O)(=O)NCc1nc2ccccc2[nH]1. The second-order valence-corrected chi connectivity index (χ2v) is 11.7. The number of H-pyrrole nitrogens is 1. The summed E-state index contributed by atoms with van der Waals surface area (Å²) in [5.74, 6) is 1.34. The van der Waals surface area contributed by atoms with E-state index in [2.05, 4.69) is 30.2 Å². The molecule has 2 heterocycles. The van der Waals surface area contributed by atoms with Crippen LogP contribution in [0.2, 0.25) is 0 Å². The van der Waals surface area contributed by atoms with E-state index < -0.39 is 10.0 Å². The molecule has 3 aromatic carbocycles. The first-order valence-corrected chi connectivity index (χ1v) is 14.5. The number of hydrogen-bond donors (Lipinski definition) is 3. The molecule has 5 aromatic rings. The van der Waals surface area contributed by atoms with E-state index in [1.807, 2.05) is 60.7 Å². The fourth-order valence-corrected chi connectivity index (χ4v) is 6.49. The number of nitrogens with zero attached hydrogens (tertiary/aromatic N) is 3. The predicted molar refractivity (Wildman–Crippen MR) is 150 cm³/mol. The number of aryl methyl sites for hydroxylation is 1. The minimum atomic E-state index is -3.81. The highest BCUT2D eigenvalue weighted by Gasteiger charge is 2.21. The van der Waals surface area contributed by atoms with Crippen molar-refractivity contribution in [3.8, 4) is 11.3 Å². The lowest BCUT2D eigenvalue weighted by Gasteiger charge is -2.24. The maximum absolute atomic E-state index is 13.4. The molecule has 6 rings (SSSR count). The van der Waals surface area contributed by atoms with E-state index in [0.29, 0.717) is 28.7 Å². The average molecular weight is 527 g/mol. The molecule has 0 bridgehead atoms. The molecule has 0 spiro atoms. The highest BCUT2D eigenvalue weighted by molar-refractivity contribution is 7.89. The van der Waals surface area contributed by atoms with Crippen LogP contribution >= 0.6 is 0 Å². The van der Waals surface area contributed by atoms with Gasteiger partial charge in [-0.05, 0) is 43.5 Å². The minimum absolute atomic E-state index is 0.0605. The molecule has 8 nitrogen and oxygen atoms in total. The number of fused-ring (bicyclic) bond motifs is 2. The minimum Gasteiger partial charge on any atom is -0.365 e. The van der Waals surface area contributed by atoms with Gasteiger partial charge in [0, 0.05) is 22.4 Å². The van der Waals surface area contributed by atoms with E-state index in [4.69, 9.17) is 0 Å². The van der Waals surface area contributed by atoms with Gasteiger partial charge in [-0.2, -0.15) is 0 Å². The molecule has 0 radical (unpaired) electrons. The van der Waals surface area contributed by atoms with E-state index >= 15 is 0 Å². The van der Waals surface area contributed by atoms with Gasteiger partial charge < -0.3 is 10.3 Å². The van der Waals surface area contributed by atoms with Crippen LogP contribution in [0.25, 0.3) is 33.1 Å². The molecule has 0 unspecified atom stereocenters. The van der Waals surface area contributed by atoms with Gasteiger partial charge in [-0.15, -0.1) is 10.2 Å². The van der Waals surface area contributed by atoms with Crippen molar-refractivity contribution in [3.05, 3.63) is 78.1 Å². The van der Waals surface area contributed by atoms with Crippen molar-refractivity contribution in [1.29, 1.82) is 0 Å². The number of benzene rings is 3. The fourth-order valence-electron chi connectivity index (χ4n) is 5.23. The zero-order valence-corrected chi connectivity index (χ0v) is 22.1. The van der Waals surface area contributed by atoms with Crippen LogP contribution < -0.4 is 10.0 Å². The van der Waals surface area contributed by atoms with Crippen molar-refractivity contribution in [3.63, 3.8) is 0 Å². The smallest absolute Gasteiger partial charge is 0.241 e. The van der Waals surface area contributed by atoms with Gasteiger partial charge in [-0.25, -0.2) is 18.1 Å². The number of hydrogen-bond acceptors (Lipinski definition) is 6. The number of anilines is 1. The molecule has 1 aliphatic carbocycles. The molecule has 0 aliphatic heterocycles. The molecule has 0 amide bonds. The Kier molecular flexibility index (Phi) is 6.55. The molecule has 194 valence electrons. The Bertz CT molecular complexity index is 1690. The molecule has 0 atom stereocenters. The maximum atomic E-state index is 13.4. The van der Waals surface area contributed by atoms with Crippen molar-refractivity contribution in [2.24, 2.45) is 0 Å². The lowest BCUT2D eigenvalue weighted by atomic mass is 9.95. The van der Waals surface area contributed by atoms with Crippen molar-refractivity contribution in [1.82, 2.24) is 24.9 Å². The van der Waals surface area contributed by atoms with E-state index in [-0.39, 0.29) is 11.4 Å². The van der Waals surface area contributed by atoms with Crippen LogP contribution in [-0.4, -0.2) is 34.6 Å². The number of nitrogens with one attached hydrogen (secondary N) is 3. The molecule has 0 saturated heterocycles. The van der Waals surface area contributed by atoms with Crippen molar-refractivity contribution in [2.75, 3.05) is 5.32 Å². The largest absolute Gasteiger partial charge is 0.365 e. The molecule has 2 aromatic heterocycles. The van der Waals surface area contributed by atoms with Crippen LogP contribution in [0.5, 0.6) is 0 Å².